The SMILES string of the molecule is CCOC(=O)Cc1csc(N(C)Cc2ccccn2)n1. The van der Waals surface area contributed by atoms with Crippen LogP contribution in [-0.2, 0) is 22.5 Å². The Labute approximate surface area is 122 Å². The maximum absolute atomic E-state index is 11.4. The zero-order valence-electron chi connectivity index (χ0n) is 11.6. The van der Waals surface area contributed by atoms with E-state index >= 15 is 0 Å². The van der Waals surface area contributed by atoms with Crippen LogP contribution in [0.3, 0.4) is 0 Å². The van der Waals surface area contributed by atoms with E-state index in [2.05, 4.69) is 9.97 Å². The van der Waals surface area contributed by atoms with Crippen LogP contribution in [0.5, 0.6) is 0 Å². The second-order valence-corrected chi connectivity index (χ2v) is 5.12. The third-order valence-corrected chi connectivity index (χ3v) is 3.63. The van der Waals surface area contributed by atoms with Gasteiger partial charge < -0.3 is 9.64 Å². The molecule has 0 N–H and O–H groups in total. The van der Waals surface area contributed by atoms with Crippen LogP contribution in [0.25, 0.3) is 0 Å². The number of carbonyl (C=O) groups is 1. The normalized spacial score (nSPS) is 10.3. The number of thiazole rings is 1. The average Bonchev–Trinajstić information content (AvgIpc) is 2.88. The molecular weight excluding hydrogens is 274 g/mol. The predicted octanol–water partition coefficient (Wildman–Crippen LogP) is 2.28. The average molecular weight is 291 g/mol. The number of ether oxygens (including phenoxy) is 1. The lowest BCUT2D eigenvalue weighted by molar-refractivity contribution is -0.142. The van der Waals surface area contributed by atoms with Gasteiger partial charge in [0.25, 0.3) is 0 Å². The minimum atomic E-state index is -0.239. The molecule has 0 fully saturated rings. The second-order valence-electron chi connectivity index (χ2n) is 4.28. The summed E-state index contributed by atoms with van der Waals surface area (Å²) in [5, 5.41) is 2.76. The Morgan fingerprint density at radius 3 is 2.95 bits per heavy atom. The van der Waals surface area contributed by atoms with Crippen LogP contribution in [0.15, 0.2) is 29.8 Å². The highest BCUT2D eigenvalue weighted by molar-refractivity contribution is 7.13. The minimum absolute atomic E-state index is 0.224. The van der Waals surface area contributed by atoms with Crippen molar-refractivity contribution < 1.29 is 9.53 Å². The van der Waals surface area contributed by atoms with Crippen LogP contribution in [0, 0.1) is 0 Å². The molecule has 106 valence electrons. The first kappa shape index (κ1) is 14.5. The van der Waals surface area contributed by atoms with Crippen molar-refractivity contribution in [3.63, 3.8) is 0 Å². The van der Waals surface area contributed by atoms with Crippen LogP contribution in [-0.4, -0.2) is 29.6 Å². The van der Waals surface area contributed by atoms with Crippen molar-refractivity contribution in [3.8, 4) is 0 Å². The molecular formula is C14H17N3O2S. The summed E-state index contributed by atoms with van der Waals surface area (Å²) in [4.78, 5) is 22.1. The molecule has 6 heteroatoms. The first-order valence-electron chi connectivity index (χ1n) is 6.40. The van der Waals surface area contributed by atoms with Crippen molar-refractivity contribution >= 4 is 22.4 Å². The van der Waals surface area contributed by atoms with Gasteiger partial charge in [-0.2, -0.15) is 0 Å². The summed E-state index contributed by atoms with van der Waals surface area (Å²) < 4.78 is 4.91. The molecule has 0 aliphatic rings. The summed E-state index contributed by atoms with van der Waals surface area (Å²) >= 11 is 1.52. The number of hydrogen-bond acceptors (Lipinski definition) is 6. The molecule has 0 aliphatic heterocycles. The number of anilines is 1. The maximum Gasteiger partial charge on any atom is 0.311 e. The largest absolute Gasteiger partial charge is 0.466 e. The monoisotopic (exact) mass is 291 g/mol. The molecule has 20 heavy (non-hydrogen) atoms. The van der Waals surface area contributed by atoms with Crippen LogP contribution in [0.1, 0.15) is 18.3 Å². The molecule has 0 unspecified atom stereocenters. The van der Waals surface area contributed by atoms with Gasteiger partial charge in [0.1, 0.15) is 0 Å². The molecule has 0 radical (unpaired) electrons. The molecule has 2 rings (SSSR count). The van der Waals surface area contributed by atoms with Gasteiger partial charge in [-0.25, -0.2) is 4.98 Å². The van der Waals surface area contributed by atoms with Gasteiger partial charge >= 0.3 is 5.97 Å². The fourth-order valence-electron chi connectivity index (χ4n) is 1.71. The number of pyridine rings is 1. The summed E-state index contributed by atoms with van der Waals surface area (Å²) in [7, 11) is 1.96. The Kier molecular flexibility index (Phi) is 5.06. The van der Waals surface area contributed by atoms with E-state index in [1.165, 1.54) is 11.3 Å². The standard InChI is InChI=1S/C14H17N3O2S/c1-3-19-13(18)8-12-10-20-14(16-12)17(2)9-11-6-4-5-7-15-11/h4-7,10H,3,8-9H2,1-2H3. The van der Waals surface area contributed by atoms with Gasteiger partial charge in [0, 0.05) is 18.6 Å². The van der Waals surface area contributed by atoms with Crippen LogP contribution in [0.2, 0.25) is 0 Å². The van der Waals surface area contributed by atoms with Crippen LogP contribution >= 0.6 is 11.3 Å². The van der Waals surface area contributed by atoms with E-state index in [0.29, 0.717) is 13.2 Å². The molecule has 0 spiro atoms. The molecule has 0 aromatic carbocycles. The van der Waals surface area contributed by atoms with Crippen molar-refractivity contribution in [1.29, 1.82) is 0 Å². The Bertz CT molecular complexity index is 557. The lowest BCUT2D eigenvalue weighted by Gasteiger charge is -2.14. The van der Waals surface area contributed by atoms with Gasteiger partial charge in [0.05, 0.1) is 31.0 Å². The first-order chi connectivity index (χ1) is 9.69. The van der Waals surface area contributed by atoms with E-state index in [0.717, 1.165) is 16.5 Å². The van der Waals surface area contributed by atoms with Gasteiger partial charge in [-0.05, 0) is 19.1 Å². The van der Waals surface area contributed by atoms with Gasteiger partial charge in [0.2, 0.25) is 0 Å². The topological polar surface area (TPSA) is 55.3 Å². The molecule has 2 heterocycles. The lowest BCUT2D eigenvalue weighted by atomic mass is 10.3. The molecule has 0 atom stereocenters. The van der Waals surface area contributed by atoms with E-state index in [9.17, 15) is 4.79 Å². The maximum atomic E-state index is 11.4. The number of carbonyl (C=O) groups excluding carboxylic acids is 1. The van der Waals surface area contributed by atoms with Crippen molar-refractivity contribution in [2.75, 3.05) is 18.6 Å². The zero-order valence-corrected chi connectivity index (χ0v) is 12.4. The third-order valence-electron chi connectivity index (χ3n) is 2.62. The zero-order chi connectivity index (χ0) is 14.4. The summed E-state index contributed by atoms with van der Waals surface area (Å²) in [6, 6.07) is 5.83. The quantitative estimate of drug-likeness (QED) is 0.764. The van der Waals surface area contributed by atoms with E-state index in [-0.39, 0.29) is 12.4 Å². The van der Waals surface area contributed by atoms with E-state index < -0.39 is 0 Å². The van der Waals surface area contributed by atoms with Gasteiger partial charge in [-0.1, -0.05) is 6.07 Å². The summed E-state index contributed by atoms with van der Waals surface area (Å²) in [6.45, 7) is 2.88. The third kappa shape index (κ3) is 4.03. The summed E-state index contributed by atoms with van der Waals surface area (Å²) in [5.74, 6) is -0.239. The molecule has 2 aromatic heterocycles. The molecule has 5 nitrogen and oxygen atoms in total. The van der Waals surface area contributed by atoms with Crippen molar-refractivity contribution in [3.05, 3.63) is 41.2 Å². The highest BCUT2D eigenvalue weighted by Crippen LogP contribution is 2.21. The molecule has 0 amide bonds. The van der Waals surface area contributed by atoms with Crippen LogP contribution < -0.4 is 4.90 Å². The van der Waals surface area contributed by atoms with Crippen molar-refractivity contribution in [2.24, 2.45) is 0 Å². The van der Waals surface area contributed by atoms with E-state index in [1.807, 2.05) is 35.5 Å². The highest BCUT2D eigenvalue weighted by atomic mass is 32.1. The summed E-state index contributed by atoms with van der Waals surface area (Å²) in [5.41, 5.74) is 1.73. The fraction of sp³-hybridized carbons (Fsp3) is 0.357. The smallest absolute Gasteiger partial charge is 0.311 e. The number of nitrogens with zero attached hydrogens (tertiary/aromatic N) is 3. The van der Waals surface area contributed by atoms with Gasteiger partial charge in [0.15, 0.2) is 5.13 Å². The number of aromatic nitrogens is 2. The molecule has 0 saturated carbocycles. The van der Waals surface area contributed by atoms with Gasteiger partial charge in [-0.15, -0.1) is 11.3 Å². The highest BCUT2D eigenvalue weighted by Gasteiger charge is 2.11. The Morgan fingerprint density at radius 1 is 1.40 bits per heavy atom. The predicted molar refractivity (Wildman–Crippen MR) is 78.8 cm³/mol. The molecule has 2 aromatic rings. The minimum Gasteiger partial charge on any atom is -0.466 e. The Morgan fingerprint density at radius 2 is 2.25 bits per heavy atom. The Balaban J connectivity index is 1.96. The number of hydrogen-bond donors (Lipinski definition) is 0. The van der Waals surface area contributed by atoms with Crippen molar-refractivity contribution in [1.82, 2.24) is 9.97 Å². The first-order valence-corrected chi connectivity index (χ1v) is 7.28. The fourth-order valence-corrected chi connectivity index (χ4v) is 2.51. The lowest BCUT2D eigenvalue weighted by Crippen LogP contribution is -2.17. The molecule has 0 aliphatic carbocycles. The molecule has 0 bridgehead atoms. The van der Waals surface area contributed by atoms with E-state index in [1.54, 1.807) is 13.1 Å². The van der Waals surface area contributed by atoms with Crippen molar-refractivity contribution in [2.45, 2.75) is 19.9 Å². The van der Waals surface area contributed by atoms with Crippen LogP contribution in [0.4, 0.5) is 5.13 Å². The molecule has 0 saturated heterocycles. The Hall–Kier alpha value is -1.95. The second kappa shape index (κ2) is 7.00. The van der Waals surface area contributed by atoms with Gasteiger partial charge in [-0.3, -0.25) is 9.78 Å². The number of rotatable bonds is 6. The van der Waals surface area contributed by atoms with E-state index in [4.69, 9.17) is 4.74 Å². The number of esters is 1. The summed E-state index contributed by atoms with van der Waals surface area (Å²) in [6.07, 6.45) is 2.00.